The van der Waals surface area contributed by atoms with Gasteiger partial charge in [0, 0.05) is 0 Å². The first kappa shape index (κ1) is 15.7. The van der Waals surface area contributed by atoms with Crippen LogP contribution in [0.5, 0.6) is 5.75 Å². The van der Waals surface area contributed by atoms with Gasteiger partial charge in [-0.25, -0.2) is 9.97 Å². The fraction of sp³-hybridized carbons (Fsp3) is 0.294. The van der Waals surface area contributed by atoms with Crippen LogP contribution in [0.1, 0.15) is 35.7 Å². The zero-order chi connectivity index (χ0) is 17.6. The summed E-state index contributed by atoms with van der Waals surface area (Å²) in [4.78, 5) is 10.3. The summed E-state index contributed by atoms with van der Waals surface area (Å²) in [5.74, 6) is 0.576. The molecule has 2 heterocycles. The molecule has 3 N–H and O–H groups in total. The van der Waals surface area contributed by atoms with E-state index >= 15 is 0 Å². The van der Waals surface area contributed by atoms with E-state index in [0.717, 1.165) is 36.5 Å². The zero-order valence-electron chi connectivity index (χ0n) is 13.1. The van der Waals surface area contributed by atoms with Crippen molar-refractivity contribution in [3.8, 4) is 5.75 Å². The van der Waals surface area contributed by atoms with Crippen LogP contribution in [0.3, 0.4) is 0 Å². The first-order chi connectivity index (χ1) is 11.9. The highest BCUT2D eigenvalue weighted by Gasteiger charge is 2.33. The summed E-state index contributed by atoms with van der Waals surface area (Å²) in [6.07, 6.45) is -0.610. The summed E-state index contributed by atoms with van der Waals surface area (Å²) in [5, 5.41) is 13.2. The fourth-order valence-corrected chi connectivity index (χ4v) is 3.32. The maximum absolute atomic E-state index is 12.9. The third kappa shape index (κ3) is 2.88. The number of alkyl halides is 3. The van der Waals surface area contributed by atoms with Crippen LogP contribution >= 0.6 is 0 Å². The Labute approximate surface area is 140 Å². The summed E-state index contributed by atoms with van der Waals surface area (Å²) in [5.41, 5.74) is 1.37. The topological polar surface area (TPSA) is 73.8 Å². The van der Waals surface area contributed by atoms with Crippen molar-refractivity contribution in [1.82, 2.24) is 15.0 Å². The Morgan fingerprint density at radius 3 is 2.84 bits per heavy atom. The summed E-state index contributed by atoms with van der Waals surface area (Å²) >= 11 is 0. The van der Waals surface area contributed by atoms with Crippen molar-refractivity contribution >= 4 is 16.9 Å². The number of phenolic OH excluding ortho intramolecular Hbond substituents is 1. The summed E-state index contributed by atoms with van der Waals surface area (Å²) in [6, 6.07) is 6.14. The van der Waals surface area contributed by atoms with Gasteiger partial charge < -0.3 is 15.4 Å². The molecule has 130 valence electrons. The normalized spacial score (nSPS) is 17.5. The molecule has 1 aliphatic carbocycles. The Morgan fingerprint density at radius 1 is 1.20 bits per heavy atom. The number of anilines is 1. The van der Waals surface area contributed by atoms with Crippen LogP contribution in [0, 0.1) is 0 Å². The van der Waals surface area contributed by atoms with E-state index in [1.807, 2.05) is 6.07 Å². The molecule has 0 radical (unpaired) electrons. The number of nitrogens with zero attached hydrogens (tertiary/aromatic N) is 2. The minimum Gasteiger partial charge on any atom is -0.508 e. The van der Waals surface area contributed by atoms with Gasteiger partial charge in [0.25, 0.3) is 0 Å². The van der Waals surface area contributed by atoms with Crippen LogP contribution in [0.15, 0.2) is 30.6 Å². The lowest BCUT2D eigenvalue weighted by Gasteiger charge is -2.27. The van der Waals surface area contributed by atoms with Gasteiger partial charge in [-0.3, -0.25) is 0 Å². The molecule has 0 aliphatic heterocycles. The minimum absolute atomic E-state index is 0.0771. The number of H-pyrrole nitrogens is 1. The number of hydrogen-bond acceptors (Lipinski definition) is 4. The molecule has 0 spiro atoms. The van der Waals surface area contributed by atoms with E-state index in [9.17, 15) is 18.3 Å². The number of aromatic nitrogens is 3. The maximum Gasteiger partial charge on any atom is 0.431 e. The fourth-order valence-electron chi connectivity index (χ4n) is 3.32. The molecule has 1 aromatic carbocycles. The van der Waals surface area contributed by atoms with Gasteiger partial charge in [-0.05, 0) is 48.6 Å². The third-order valence-electron chi connectivity index (χ3n) is 4.48. The van der Waals surface area contributed by atoms with Gasteiger partial charge in [0.1, 0.15) is 29.2 Å². The van der Waals surface area contributed by atoms with Crippen LogP contribution in [0.2, 0.25) is 0 Å². The molecule has 5 nitrogen and oxygen atoms in total. The van der Waals surface area contributed by atoms with Crippen LogP contribution in [-0.4, -0.2) is 20.1 Å². The summed E-state index contributed by atoms with van der Waals surface area (Å²) in [7, 11) is 0. The van der Waals surface area contributed by atoms with Gasteiger partial charge in [0.2, 0.25) is 0 Å². The van der Waals surface area contributed by atoms with Crippen molar-refractivity contribution in [1.29, 1.82) is 0 Å². The van der Waals surface area contributed by atoms with Crippen molar-refractivity contribution in [2.45, 2.75) is 31.5 Å². The van der Waals surface area contributed by atoms with E-state index in [1.165, 1.54) is 6.33 Å². The van der Waals surface area contributed by atoms with Crippen molar-refractivity contribution in [3.05, 3.63) is 47.4 Å². The van der Waals surface area contributed by atoms with E-state index < -0.39 is 11.9 Å². The Kier molecular flexibility index (Phi) is 3.55. The van der Waals surface area contributed by atoms with E-state index in [-0.39, 0.29) is 17.4 Å². The SMILES string of the molecule is Oc1ccc2c(c1)CCCC2Nc1ncnc2[nH]c(C(F)(F)F)cc12. The number of rotatable bonds is 2. The molecule has 0 saturated heterocycles. The highest BCUT2D eigenvalue weighted by Crippen LogP contribution is 2.36. The number of nitrogens with one attached hydrogen (secondary N) is 2. The molecule has 4 rings (SSSR count). The average Bonchev–Trinajstić information content (AvgIpc) is 3.00. The van der Waals surface area contributed by atoms with E-state index in [2.05, 4.69) is 20.3 Å². The Balaban J connectivity index is 1.71. The van der Waals surface area contributed by atoms with Gasteiger partial charge in [-0.1, -0.05) is 6.07 Å². The number of halogens is 3. The predicted molar refractivity (Wildman–Crippen MR) is 86.3 cm³/mol. The molecule has 3 aromatic rings. The molecule has 8 heteroatoms. The Morgan fingerprint density at radius 2 is 2.04 bits per heavy atom. The van der Waals surface area contributed by atoms with Crippen molar-refractivity contribution in [3.63, 3.8) is 0 Å². The number of benzene rings is 1. The van der Waals surface area contributed by atoms with Gasteiger partial charge in [0.05, 0.1) is 11.4 Å². The number of aromatic hydroxyl groups is 1. The second-order valence-electron chi connectivity index (χ2n) is 6.14. The molecule has 25 heavy (non-hydrogen) atoms. The third-order valence-corrected chi connectivity index (χ3v) is 4.48. The van der Waals surface area contributed by atoms with Crippen LogP contribution in [0.25, 0.3) is 11.0 Å². The molecule has 1 atom stereocenters. The Hall–Kier alpha value is -2.77. The first-order valence-electron chi connectivity index (χ1n) is 7.91. The summed E-state index contributed by atoms with van der Waals surface area (Å²) in [6.45, 7) is 0. The van der Waals surface area contributed by atoms with Crippen LogP contribution in [-0.2, 0) is 12.6 Å². The number of hydrogen-bond donors (Lipinski definition) is 3. The van der Waals surface area contributed by atoms with Gasteiger partial charge >= 0.3 is 6.18 Å². The highest BCUT2D eigenvalue weighted by molar-refractivity contribution is 5.88. The van der Waals surface area contributed by atoms with E-state index in [4.69, 9.17) is 0 Å². The van der Waals surface area contributed by atoms with Crippen LogP contribution < -0.4 is 5.32 Å². The highest BCUT2D eigenvalue weighted by atomic mass is 19.4. The monoisotopic (exact) mass is 348 g/mol. The zero-order valence-corrected chi connectivity index (χ0v) is 13.1. The quantitative estimate of drug-likeness (QED) is 0.650. The van der Waals surface area contributed by atoms with E-state index in [0.29, 0.717) is 11.2 Å². The first-order valence-corrected chi connectivity index (χ1v) is 7.91. The summed E-state index contributed by atoms with van der Waals surface area (Å²) < 4.78 is 38.8. The van der Waals surface area contributed by atoms with Gasteiger partial charge in [0.15, 0.2) is 0 Å². The molecule has 0 fully saturated rings. The molecule has 0 bridgehead atoms. The molecule has 0 saturated carbocycles. The molecule has 0 amide bonds. The second kappa shape index (κ2) is 5.65. The Bertz CT molecular complexity index is 935. The average molecular weight is 348 g/mol. The minimum atomic E-state index is -4.47. The molecule has 1 unspecified atom stereocenters. The lowest BCUT2D eigenvalue weighted by atomic mass is 9.87. The number of fused-ring (bicyclic) bond motifs is 2. The lowest BCUT2D eigenvalue weighted by Crippen LogP contribution is -2.18. The maximum atomic E-state index is 12.9. The van der Waals surface area contributed by atoms with Crippen molar-refractivity contribution in [2.24, 2.45) is 0 Å². The van der Waals surface area contributed by atoms with Crippen molar-refractivity contribution in [2.75, 3.05) is 5.32 Å². The van der Waals surface area contributed by atoms with Crippen LogP contribution in [0.4, 0.5) is 19.0 Å². The van der Waals surface area contributed by atoms with Gasteiger partial charge in [-0.15, -0.1) is 0 Å². The standard InChI is InChI=1S/C17H15F3N4O/c18-17(19,20)14-7-12-15(21-8-22-16(12)24-14)23-13-3-1-2-9-6-10(25)4-5-11(9)13/h4-8,13,25H,1-3H2,(H2,21,22,23,24). The molecular weight excluding hydrogens is 333 g/mol. The molecule has 1 aliphatic rings. The predicted octanol–water partition coefficient (Wildman–Crippen LogP) is 4.17. The van der Waals surface area contributed by atoms with Gasteiger partial charge in [-0.2, -0.15) is 13.2 Å². The largest absolute Gasteiger partial charge is 0.508 e. The molecule has 2 aromatic heterocycles. The number of aromatic amines is 1. The number of phenols is 1. The lowest BCUT2D eigenvalue weighted by molar-refractivity contribution is -0.140. The second-order valence-corrected chi connectivity index (χ2v) is 6.14. The number of aryl methyl sites for hydroxylation is 1. The van der Waals surface area contributed by atoms with E-state index in [1.54, 1.807) is 12.1 Å². The smallest absolute Gasteiger partial charge is 0.431 e. The van der Waals surface area contributed by atoms with Crippen molar-refractivity contribution < 1.29 is 18.3 Å². The molecular formula is C17H15F3N4O.